The average molecular weight is 315 g/mol. The van der Waals surface area contributed by atoms with E-state index in [-0.39, 0.29) is 40.1 Å². The SMILES string of the molecule is C=C(C)N/C=C\C(C)=N[C-]=O.CC.CC.[CH3-].[Y]. The smallest absolute Gasteiger partial charge is 0.0897 e. The standard InChI is InChI=1S/C8H11N2O.2C2H6.CH3.Y/c1-7(2)9-5-4-8(3)10-6-11;2*1-2;;/h4-5,9H,1H2,2-3H3;2*1-2H3;1H3;/q-1;;;-1;/b5-4-,10-8?;;;;. The van der Waals surface area contributed by atoms with Crippen LogP contribution in [0.15, 0.2) is 29.5 Å². The Hall–Kier alpha value is -0.276. The first kappa shape index (κ1) is 30.1. The molecule has 0 saturated heterocycles. The van der Waals surface area contributed by atoms with E-state index in [1.807, 2.05) is 34.6 Å². The molecule has 0 bridgehead atoms. The van der Waals surface area contributed by atoms with Gasteiger partial charge in [0.15, 0.2) is 0 Å². The van der Waals surface area contributed by atoms with E-state index in [0.717, 1.165) is 5.70 Å². The summed E-state index contributed by atoms with van der Waals surface area (Å²) in [6.45, 7) is 15.2. The Labute approximate surface area is 133 Å². The van der Waals surface area contributed by atoms with Crippen molar-refractivity contribution >= 4 is 12.1 Å². The number of nitrogens with one attached hydrogen (secondary N) is 1. The maximum atomic E-state index is 9.73. The fourth-order valence-corrected chi connectivity index (χ4v) is 0.414. The summed E-state index contributed by atoms with van der Waals surface area (Å²) in [6.07, 6.45) is 4.77. The quantitative estimate of drug-likeness (QED) is 0.635. The molecule has 99 valence electrons. The van der Waals surface area contributed by atoms with Gasteiger partial charge in [0.2, 0.25) is 0 Å². The zero-order valence-corrected chi connectivity index (χ0v) is 15.1. The first-order valence-electron chi connectivity index (χ1n) is 5.17. The first-order chi connectivity index (χ1) is 7.16. The third-order valence-corrected chi connectivity index (χ3v) is 0.876. The minimum atomic E-state index is 0. The van der Waals surface area contributed by atoms with E-state index in [4.69, 9.17) is 0 Å². The summed E-state index contributed by atoms with van der Waals surface area (Å²) in [4.78, 5) is 13.1. The van der Waals surface area contributed by atoms with Gasteiger partial charge in [-0.25, -0.2) is 0 Å². The molecule has 0 aromatic rings. The Morgan fingerprint density at radius 3 is 1.94 bits per heavy atom. The van der Waals surface area contributed by atoms with E-state index in [9.17, 15) is 4.79 Å². The van der Waals surface area contributed by atoms with Gasteiger partial charge in [-0.1, -0.05) is 41.2 Å². The molecular formula is C13H26N2OY-2. The largest absolute Gasteiger partial charge is 0.417 e. The van der Waals surface area contributed by atoms with E-state index in [1.165, 1.54) is 6.41 Å². The molecule has 0 aromatic carbocycles. The van der Waals surface area contributed by atoms with Crippen LogP contribution in [-0.2, 0) is 37.5 Å². The second-order valence-corrected chi connectivity index (χ2v) is 2.10. The van der Waals surface area contributed by atoms with Crippen LogP contribution in [0.1, 0.15) is 41.5 Å². The molecule has 0 aliphatic rings. The minimum absolute atomic E-state index is 0. The number of aliphatic imine (C=N–C) groups is 1. The Bertz CT molecular complexity index is 211. The average Bonchev–Trinajstić information content (AvgIpc) is 2.23. The van der Waals surface area contributed by atoms with Crippen molar-refractivity contribution in [1.29, 1.82) is 0 Å². The third kappa shape index (κ3) is 38.9. The maximum absolute atomic E-state index is 9.73. The van der Waals surface area contributed by atoms with Gasteiger partial charge in [-0.3, -0.25) is 0 Å². The molecule has 3 nitrogen and oxygen atoms in total. The molecule has 1 N–H and O–H groups in total. The van der Waals surface area contributed by atoms with Crippen molar-refractivity contribution in [2.24, 2.45) is 4.99 Å². The Balaban J connectivity index is -0.0000000720. The third-order valence-electron chi connectivity index (χ3n) is 0.876. The van der Waals surface area contributed by atoms with Gasteiger partial charge < -0.3 is 22.5 Å². The van der Waals surface area contributed by atoms with Crippen LogP contribution in [0.25, 0.3) is 0 Å². The van der Waals surface area contributed by atoms with Crippen LogP contribution in [0.3, 0.4) is 0 Å². The summed E-state index contributed by atoms with van der Waals surface area (Å²) in [5, 5.41) is 2.85. The zero-order valence-electron chi connectivity index (χ0n) is 12.3. The number of allylic oxidation sites excluding steroid dienone is 2. The molecule has 4 heteroatoms. The van der Waals surface area contributed by atoms with Crippen LogP contribution in [0.4, 0.5) is 0 Å². The summed E-state index contributed by atoms with van der Waals surface area (Å²) in [5.74, 6) is 0. The van der Waals surface area contributed by atoms with Gasteiger partial charge in [0.25, 0.3) is 0 Å². The molecule has 0 spiro atoms. The van der Waals surface area contributed by atoms with Crippen molar-refractivity contribution in [1.82, 2.24) is 5.32 Å². The molecule has 0 saturated carbocycles. The number of rotatable bonds is 4. The van der Waals surface area contributed by atoms with Gasteiger partial charge in [0.1, 0.15) is 0 Å². The molecule has 0 aliphatic carbocycles. The molecule has 0 unspecified atom stereocenters. The molecule has 0 fully saturated rings. The van der Waals surface area contributed by atoms with Crippen molar-refractivity contribution in [3.05, 3.63) is 32.0 Å². The van der Waals surface area contributed by atoms with Crippen molar-refractivity contribution in [3.8, 4) is 0 Å². The molecule has 0 heterocycles. The molecule has 1 amide bonds. The van der Waals surface area contributed by atoms with Crippen molar-refractivity contribution in [3.63, 3.8) is 0 Å². The normalized spacial score (nSPS) is 8.24. The van der Waals surface area contributed by atoms with Gasteiger partial charge in [-0.05, 0) is 13.1 Å². The van der Waals surface area contributed by atoms with Crippen LogP contribution in [-0.4, -0.2) is 12.1 Å². The van der Waals surface area contributed by atoms with E-state index < -0.39 is 0 Å². The Morgan fingerprint density at radius 1 is 1.24 bits per heavy atom. The van der Waals surface area contributed by atoms with Crippen molar-refractivity contribution in [2.75, 3.05) is 0 Å². The van der Waals surface area contributed by atoms with Gasteiger partial charge >= 0.3 is 0 Å². The second kappa shape index (κ2) is 29.6. The van der Waals surface area contributed by atoms with Gasteiger partial charge in [0.05, 0.1) is 6.41 Å². The number of amides is 1. The molecule has 17 heavy (non-hydrogen) atoms. The molecule has 0 atom stereocenters. The van der Waals surface area contributed by atoms with Crippen LogP contribution < -0.4 is 5.32 Å². The van der Waals surface area contributed by atoms with Gasteiger partial charge in [-0.2, -0.15) is 0 Å². The van der Waals surface area contributed by atoms with Crippen LogP contribution in [0.2, 0.25) is 0 Å². The van der Waals surface area contributed by atoms with Crippen molar-refractivity contribution < 1.29 is 37.5 Å². The summed E-state index contributed by atoms with van der Waals surface area (Å²) in [6, 6.07) is 0. The summed E-state index contributed by atoms with van der Waals surface area (Å²) >= 11 is 0. The Morgan fingerprint density at radius 2 is 1.65 bits per heavy atom. The number of hydrogen-bond acceptors (Lipinski definition) is 2. The zero-order chi connectivity index (χ0) is 12.7. The molecule has 1 radical (unpaired) electrons. The fourth-order valence-electron chi connectivity index (χ4n) is 0.414. The van der Waals surface area contributed by atoms with Crippen LogP contribution in [0.5, 0.6) is 0 Å². The fraction of sp³-hybridized carbons (Fsp3) is 0.462. The molecular weight excluding hydrogens is 289 g/mol. The predicted molar refractivity (Wildman–Crippen MR) is 75.0 cm³/mol. The van der Waals surface area contributed by atoms with Crippen LogP contribution >= 0.6 is 0 Å². The van der Waals surface area contributed by atoms with Crippen LogP contribution in [0, 0.1) is 7.43 Å². The van der Waals surface area contributed by atoms with Gasteiger partial charge in [-0.15, -0.1) is 11.8 Å². The summed E-state index contributed by atoms with van der Waals surface area (Å²) in [5.41, 5.74) is 1.44. The first-order valence-corrected chi connectivity index (χ1v) is 5.17. The second-order valence-electron chi connectivity index (χ2n) is 2.10. The van der Waals surface area contributed by atoms with E-state index in [1.54, 1.807) is 19.2 Å². The minimum Gasteiger partial charge on any atom is -0.417 e. The van der Waals surface area contributed by atoms with E-state index in [0.29, 0.717) is 5.71 Å². The number of carbonyl (C=O) groups excluding carboxylic acids is 1. The van der Waals surface area contributed by atoms with E-state index >= 15 is 0 Å². The van der Waals surface area contributed by atoms with Crippen molar-refractivity contribution in [2.45, 2.75) is 41.5 Å². The van der Waals surface area contributed by atoms with E-state index in [2.05, 4.69) is 16.9 Å². The summed E-state index contributed by atoms with van der Waals surface area (Å²) < 4.78 is 0. The Kier molecular flexibility index (Phi) is 52.5. The predicted octanol–water partition coefficient (Wildman–Crippen LogP) is 3.65. The number of hydrogen-bond donors (Lipinski definition) is 1. The maximum Gasteiger partial charge on any atom is 0.0897 e. The number of nitrogens with zero attached hydrogens (tertiary/aromatic N) is 1. The molecule has 0 aromatic heterocycles. The molecule has 0 rings (SSSR count). The van der Waals surface area contributed by atoms with Gasteiger partial charge in [0, 0.05) is 38.4 Å². The molecule has 0 aliphatic heterocycles. The topological polar surface area (TPSA) is 41.5 Å². The monoisotopic (exact) mass is 315 g/mol. The summed E-state index contributed by atoms with van der Waals surface area (Å²) in [7, 11) is 0.